The number of anilines is 1. The molecule has 27 heavy (non-hydrogen) atoms. The summed E-state index contributed by atoms with van der Waals surface area (Å²) in [6.07, 6.45) is -0.362. The SMILES string of the molecule is O=C(Cn1cc(C(F)(F)F)ccc1=O)Nc1nc(CN2CCCCC2)cs1. The van der Waals surface area contributed by atoms with Crippen LogP contribution in [0.5, 0.6) is 0 Å². The van der Waals surface area contributed by atoms with E-state index in [-0.39, 0.29) is 0 Å². The van der Waals surface area contributed by atoms with E-state index in [1.165, 1.54) is 30.6 Å². The summed E-state index contributed by atoms with van der Waals surface area (Å²) in [7, 11) is 0. The number of nitrogens with zero attached hydrogens (tertiary/aromatic N) is 3. The molecule has 1 amide bonds. The third-order valence-corrected chi connectivity index (χ3v) is 5.06. The third-order valence-electron chi connectivity index (χ3n) is 4.26. The largest absolute Gasteiger partial charge is 0.417 e. The van der Waals surface area contributed by atoms with Crippen LogP contribution >= 0.6 is 11.3 Å². The Balaban J connectivity index is 1.60. The number of carbonyl (C=O) groups excluding carboxylic acids is 1. The van der Waals surface area contributed by atoms with Crippen LogP contribution in [0, 0.1) is 0 Å². The Morgan fingerprint density at radius 2 is 1.96 bits per heavy atom. The molecule has 0 bridgehead atoms. The molecule has 6 nitrogen and oxygen atoms in total. The van der Waals surface area contributed by atoms with Gasteiger partial charge in [0.05, 0.1) is 11.3 Å². The quantitative estimate of drug-likeness (QED) is 0.838. The number of alkyl halides is 3. The Bertz CT molecular complexity index is 856. The van der Waals surface area contributed by atoms with E-state index >= 15 is 0 Å². The molecule has 1 aliphatic heterocycles. The van der Waals surface area contributed by atoms with E-state index in [4.69, 9.17) is 0 Å². The third kappa shape index (κ3) is 5.39. The van der Waals surface area contributed by atoms with Crippen molar-refractivity contribution in [1.82, 2.24) is 14.5 Å². The molecule has 2 aromatic rings. The molecule has 0 unspecified atom stereocenters. The van der Waals surface area contributed by atoms with Crippen LogP contribution < -0.4 is 10.9 Å². The predicted octanol–water partition coefficient (Wildman–Crippen LogP) is 2.95. The molecule has 2 aromatic heterocycles. The number of hydrogen-bond donors (Lipinski definition) is 1. The highest BCUT2D eigenvalue weighted by molar-refractivity contribution is 7.13. The van der Waals surface area contributed by atoms with Crippen molar-refractivity contribution < 1.29 is 18.0 Å². The molecule has 10 heteroatoms. The van der Waals surface area contributed by atoms with Gasteiger partial charge >= 0.3 is 6.18 Å². The van der Waals surface area contributed by atoms with Crippen molar-refractivity contribution in [2.75, 3.05) is 18.4 Å². The van der Waals surface area contributed by atoms with E-state index in [9.17, 15) is 22.8 Å². The molecule has 0 saturated carbocycles. The first-order valence-corrected chi connectivity index (χ1v) is 9.43. The number of halogens is 3. The summed E-state index contributed by atoms with van der Waals surface area (Å²) in [6.45, 7) is 2.25. The number of piperidine rings is 1. The lowest BCUT2D eigenvalue weighted by atomic mass is 10.1. The maximum Gasteiger partial charge on any atom is 0.417 e. The highest BCUT2D eigenvalue weighted by Crippen LogP contribution is 2.28. The standard InChI is InChI=1S/C17H19F3N4O2S/c18-17(19,20)12-4-5-15(26)24(8-12)10-14(25)22-16-21-13(11-27-16)9-23-6-2-1-3-7-23/h4-5,8,11H,1-3,6-7,9-10H2,(H,21,22,25). The molecule has 1 saturated heterocycles. The molecule has 3 rings (SSSR count). The summed E-state index contributed by atoms with van der Waals surface area (Å²) < 4.78 is 39.0. The Morgan fingerprint density at radius 3 is 2.67 bits per heavy atom. The molecule has 0 atom stereocenters. The topological polar surface area (TPSA) is 67.2 Å². The Hall–Kier alpha value is -2.20. The Labute approximate surface area is 157 Å². The number of thiazole rings is 1. The number of hydrogen-bond acceptors (Lipinski definition) is 5. The summed E-state index contributed by atoms with van der Waals surface area (Å²) in [4.78, 5) is 30.4. The van der Waals surface area contributed by atoms with Gasteiger partial charge in [0.15, 0.2) is 5.13 Å². The minimum atomic E-state index is -4.58. The molecular formula is C17H19F3N4O2S. The van der Waals surface area contributed by atoms with E-state index in [1.54, 1.807) is 0 Å². The van der Waals surface area contributed by atoms with Crippen molar-refractivity contribution in [1.29, 1.82) is 0 Å². The molecule has 0 spiro atoms. The van der Waals surface area contributed by atoms with E-state index in [2.05, 4.69) is 15.2 Å². The van der Waals surface area contributed by atoms with Crippen LogP contribution in [0.1, 0.15) is 30.5 Å². The average molecular weight is 400 g/mol. The van der Waals surface area contributed by atoms with E-state index in [0.29, 0.717) is 23.9 Å². The summed E-state index contributed by atoms with van der Waals surface area (Å²) in [5, 5.41) is 4.76. The zero-order valence-electron chi connectivity index (χ0n) is 14.5. The molecule has 0 aliphatic carbocycles. The lowest BCUT2D eigenvalue weighted by Crippen LogP contribution is -2.29. The number of carbonyl (C=O) groups is 1. The first-order chi connectivity index (χ1) is 12.8. The Kier molecular flexibility index (Phi) is 5.95. The van der Waals surface area contributed by atoms with Gasteiger partial charge in [0, 0.05) is 24.2 Å². The maximum absolute atomic E-state index is 12.8. The molecule has 1 aliphatic rings. The van der Waals surface area contributed by atoms with Gasteiger partial charge in [-0.3, -0.25) is 14.5 Å². The van der Waals surface area contributed by atoms with E-state index < -0.39 is 29.8 Å². The predicted molar refractivity (Wildman–Crippen MR) is 95.6 cm³/mol. The molecule has 146 valence electrons. The normalized spacial score (nSPS) is 15.7. The summed E-state index contributed by atoms with van der Waals surface area (Å²) in [6, 6.07) is 1.50. The molecule has 0 radical (unpaired) electrons. The molecule has 3 heterocycles. The first kappa shape index (κ1) is 19.6. The fraction of sp³-hybridized carbons (Fsp3) is 0.471. The number of pyridine rings is 1. The minimum absolute atomic E-state index is 0.368. The second-order valence-corrected chi connectivity index (χ2v) is 7.27. The van der Waals surface area contributed by atoms with Gasteiger partial charge in [-0.15, -0.1) is 11.3 Å². The van der Waals surface area contributed by atoms with Crippen molar-refractivity contribution >= 4 is 22.4 Å². The van der Waals surface area contributed by atoms with Gasteiger partial charge in [0.2, 0.25) is 5.91 Å². The number of amides is 1. The fourth-order valence-electron chi connectivity index (χ4n) is 2.92. The summed E-state index contributed by atoms with van der Waals surface area (Å²) in [5.41, 5.74) is -0.815. The van der Waals surface area contributed by atoms with Crippen molar-refractivity contribution in [2.45, 2.75) is 38.5 Å². The minimum Gasteiger partial charge on any atom is -0.305 e. The van der Waals surface area contributed by atoms with E-state index in [1.807, 2.05) is 5.38 Å². The number of nitrogens with one attached hydrogen (secondary N) is 1. The zero-order valence-corrected chi connectivity index (χ0v) is 15.3. The van der Waals surface area contributed by atoms with Crippen molar-refractivity contribution in [3.8, 4) is 0 Å². The van der Waals surface area contributed by atoms with Crippen LogP contribution in [0.4, 0.5) is 18.3 Å². The molecule has 1 fully saturated rings. The fourth-order valence-corrected chi connectivity index (χ4v) is 3.64. The Morgan fingerprint density at radius 1 is 1.22 bits per heavy atom. The highest BCUT2D eigenvalue weighted by Gasteiger charge is 2.31. The highest BCUT2D eigenvalue weighted by atomic mass is 32.1. The van der Waals surface area contributed by atoms with Gasteiger partial charge in [-0.1, -0.05) is 6.42 Å². The molecule has 1 N–H and O–H groups in total. The van der Waals surface area contributed by atoms with Gasteiger partial charge in [-0.2, -0.15) is 13.2 Å². The van der Waals surface area contributed by atoms with Gasteiger partial charge in [-0.25, -0.2) is 4.98 Å². The van der Waals surface area contributed by atoms with Gasteiger partial charge in [-0.05, 0) is 32.0 Å². The van der Waals surface area contributed by atoms with Crippen LogP contribution in [-0.4, -0.2) is 33.4 Å². The number of likely N-dealkylation sites (tertiary alicyclic amines) is 1. The summed E-state index contributed by atoms with van der Waals surface area (Å²) in [5.74, 6) is -0.602. The monoisotopic (exact) mass is 400 g/mol. The average Bonchev–Trinajstić information content (AvgIpc) is 3.03. The smallest absolute Gasteiger partial charge is 0.305 e. The number of aromatic nitrogens is 2. The van der Waals surface area contributed by atoms with Crippen molar-refractivity contribution in [3.05, 3.63) is 45.3 Å². The second kappa shape index (κ2) is 8.22. The van der Waals surface area contributed by atoms with Gasteiger partial charge in [0.1, 0.15) is 6.54 Å². The molecular weight excluding hydrogens is 381 g/mol. The van der Waals surface area contributed by atoms with Crippen molar-refractivity contribution in [3.63, 3.8) is 0 Å². The van der Waals surface area contributed by atoms with Gasteiger partial charge in [0.25, 0.3) is 5.56 Å². The number of rotatable bonds is 5. The lowest BCUT2D eigenvalue weighted by molar-refractivity contribution is -0.138. The van der Waals surface area contributed by atoms with E-state index in [0.717, 1.165) is 29.4 Å². The first-order valence-electron chi connectivity index (χ1n) is 8.55. The van der Waals surface area contributed by atoms with Crippen LogP contribution in [0.2, 0.25) is 0 Å². The second-order valence-electron chi connectivity index (χ2n) is 6.41. The van der Waals surface area contributed by atoms with Crippen LogP contribution in [-0.2, 0) is 24.1 Å². The van der Waals surface area contributed by atoms with Crippen LogP contribution in [0.25, 0.3) is 0 Å². The summed E-state index contributed by atoms with van der Waals surface area (Å²) >= 11 is 1.25. The van der Waals surface area contributed by atoms with Crippen molar-refractivity contribution in [2.24, 2.45) is 0 Å². The zero-order chi connectivity index (χ0) is 19.4. The van der Waals surface area contributed by atoms with Crippen LogP contribution in [0.15, 0.2) is 28.5 Å². The lowest BCUT2D eigenvalue weighted by Gasteiger charge is -2.25. The van der Waals surface area contributed by atoms with Gasteiger partial charge < -0.3 is 9.88 Å². The molecule has 0 aromatic carbocycles. The maximum atomic E-state index is 12.8. The van der Waals surface area contributed by atoms with Crippen LogP contribution in [0.3, 0.4) is 0 Å².